The maximum Gasteiger partial charge on any atom is 0.242 e. The number of hydrogen-bond acceptors (Lipinski definition) is 3. The number of nitrogens with one attached hydrogen (secondary N) is 2. The van der Waals surface area contributed by atoms with E-state index in [-0.39, 0.29) is 11.6 Å². The summed E-state index contributed by atoms with van der Waals surface area (Å²) in [6.07, 6.45) is 0. The Morgan fingerprint density at radius 3 is 2.61 bits per heavy atom. The van der Waals surface area contributed by atoms with Crippen molar-refractivity contribution in [3.8, 4) is 0 Å². The maximum atomic E-state index is 13.5. The molecular formula is C13H20FN3O. The second kappa shape index (κ2) is 6.23. The van der Waals surface area contributed by atoms with Gasteiger partial charge >= 0.3 is 0 Å². The largest absolute Gasteiger partial charge is 0.399 e. The van der Waals surface area contributed by atoms with Crippen molar-refractivity contribution in [2.45, 2.75) is 26.8 Å². The lowest BCUT2D eigenvalue weighted by Gasteiger charge is -2.16. The summed E-state index contributed by atoms with van der Waals surface area (Å²) in [6, 6.07) is 3.84. The highest BCUT2D eigenvalue weighted by molar-refractivity contribution is 5.84. The zero-order chi connectivity index (χ0) is 13.7. The molecular weight excluding hydrogens is 233 g/mol. The van der Waals surface area contributed by atoms with Gasteiger partial charge in [0.1, 0.15) is 11.9 Å². The van der Waals surface area contributed by atoms with Crippen LogP contribution in [0.2, 0.25) is 0 Å². The van der Waals surface area contributed by atoms with Crippen LogP contribution in [-0.2, 0) is 4.79 Å². The Morgan fingerprint density at radius 1 is 1.39 bits per heavy atom. The summed E-state index contributed by atoms with van der Waals surface area (Å²) in [7, 11) is 0. The van der Waals surface area contributed by atoms with E-state index in [9.17, 15) is 9.18 Å². The Balaban J connectivity index is 2.58. The number of halogens is 1. The van der Waals surface area contributed by atoms with Gasteiger partial charge in [0.25, 0.3) is 0 Å². The second-order valence-corrected chi connectivity index (χ2v) is 4.74. The minimum Gasteiger partial charge on any atom is -0.399 e. The molecule has 18 heavy (non-hydrogen) atoms. The van der Waals surface area contributed by atoms with Crippen LogP contribution in [0, 0.1) is 11.7 Å². The normalized spacial score (nSPS) is 12.3. The van der Waals surface area contributed by atoms with Crippen LogP contribution in [0.3, 0.4) is 0 Å². The topological polar surface area (TPSA) is 67.2 Å². The third-order valence-electron chi connectivity index (χ3n) is 2.44. The maximum absolute atomic E-state index is 13.5. The SMILES string of the molecule is CC(C)CNC(=O)C(C)Nc1ccc(N)cc1F. The molecule has 0 aliphatic carbocycles. The molecule has 4 nitrogen and oxygen atoms in total. The highest BCUT2D eigenvalue weighted by atomic mass is 19.1. The van der Waals surface area contributed by atoms with Crippen LogP contribution in [0.15, 0.2) is 18.2 Å². The summed E-state index contributed by atoms with van der Waals surface area (Å²) in [6.45, 7) is 6.32. The fourth-order valence-electron chi connectivity index (χ4n) is 1.41. The van der Waals surface area contributed by atoms with Gasteiger partial charge in [-0.05, 0) is 31.0 Å². The predicted molar refractivity (Wildman–Crippen MR) is 71.7 cm³/mol. The molecule has 1 aromatic carbocycles. The number of carbonyl (C=O) groups excluding carboxylic acids is 1. The average Bonchev–Trinajstić information content (AvgIpc) is 2.29. The van der Waals surface area contributed by atoms with Gasteiger partial charge in [0, 0.05) is 12.2 Å². The third-order valence-corrected chi connectivity index (χ3v) is 2.44. The molecule has 0 bridgehead atoms. The van der Waals surface area contributed by atoms with Crippen molar-refractivity contribution in [3.05, 3.63) is 24.0 Å². The summed E-state index contributed by atoms with van der Waals surface area (Å²) in [5, 5.41) is 5.60. The highest BCUT2D eigenvalue weighted by Gasteiger charge is 2.14. The molecule has 0 saturated carbocycles. The number of anilines is 2. The van der Waals surface area contributed by atoms with Crippen LogP contribution < -0.4 is 16.4 Å². The first-order valence-corrected chi connectivity index (χ1v) is 5.99. The summed E-state index contributed by atoms with van der Waals surface area (Å²) < 4.78 is 13.5. The molecule has 0 heterocycles. The van der Waals surface area contributed by atoms with E-state index in [1.807, 2.05) is 13.8 Å². The average molecular weight is 253 g/mol. The molecule has 0 saturated heterocycles. The lowest BCUT2D eigenvalue weighted by molar-refractivity contribution is -0.121. The summed E-state index contributed by atoms with van der Waals surface area (Å²) in [5.74, 6) is -0.229. The molecule has 0 aliphatic heterocycles. The van der Waals surface area contributed by atoms with E-state index >= 15 is 0 Å². The third kappa shape index (κ3) is 4.24. The van der Waals surface area contributed by atoms with E-state index in [0.29, 0.717) is 18.2 Å². The summed E-state index contributed by atoms with van der Waals surface area (Å²) in [4.78, 5) is 11.7. The highest BCUT2D eigenvalue weighted by Crippen LogP contribution is 2.17. The first-order valence-electron chi connectivity index (χ1n) is 5.99. The first-order chi connectivity index (χ1) is 8.40. The van der Waals surface area contributed by atoms with E-state index in [4.69, 9.17) is 5.73 Å². The molecule has 1 amide bonds. The zero-order valence-electron chi connectivity index (χ0n) is 11.0. The van der Waals surface area contributed by atoms with Crippen LogP contribution in [0.4, 0.5) is 15.8 Å². The number of hydrogen-bond donors (Lipinski definition) is 3. The van der Waals surface area contributed by atoms with Gasteiger partial charge in [-0.3, -0.25) is 4.79 Å². The molecule has 100 valence electrons. The molecule has 0 radical (unpaired) electrons. The van der Waals surface area contributed by atoms with Gasteiger partial charge in [0.05, 0.1) is 5.69 Å². The van der Waals surface area contributed by atoms with Crippen molar-refractivity contribution in [1.82, 2.24) is 5.32 Å². The van der Waals surface area contributed by atoms with Crippen molar-refractivity contribution in [2.24, 2.45) is 5.92 Å². The van der Waals surface area contributed by atoms with Gasteiger partial charge in [-0.1, -0.05) is 13.8 Å². The Morgan fingerprint density at radius 2 is 2.06 bits per heavy atom. The van der Waals surface area contributed by atoms with Gasteiger partial charge in [-0.2, -0.15) is 0 Å². The van der Waals surface area contributed by atoms with Gasteiger partial charge in [-0.15, -0.1) is 0 Å². The minimum atomic E-state index is -0.498. The molecule has 0 aliphatic rings. The van der Waals surface area contributed by atoms with E-state index in [1.165, 1.54) is 12.1 Å². The quantitative estimate of drug-likeness (QED) is 0.703. The van der Waals surface area contributed by atoms with Crippen molar-refractivity contribution in [2.75, 3.05) is 17.6 Å². The van der Waals surface area contributed by atoms with Crippen LogP contribution in [0.1, 0.15) is 20.8 Å². The number of amides is 1. The minimum absolute atomic E-state index is 0.153. The van der Waals surface area contributed by atoms with Gasteiger partial charge in [-0.25, -0.2) is 4.39 Å². The number of nitrogens with two attached hydrogens (primary N) is 1. The van der Waals surface area contributed by atoms with Crippen molar-refractivity contribution >= 4 is 17.3 Å². The zero-order valence-corrected chi connectivity index (χ0v) is 11.0. The molecule has 1 rings (SSSR count). The lowest BCUT2D eigenvalue weighted by Crippen LogP contribution is -2.39. The summed E-state index contributed by atoms with van der Waals surface area (Å²) >= 11 is 0. The van der Waals surface area contributed by atoms with Crippen LogP contribution in [0.25, 0.3) is 0 Å². The van der Waals surface area contributed by atoms with E-state index in [2.05, 4.69) is 10.6 Å². The van der Waals surface area contributed by atoms with Gasteiger partial charge in [0.15, 0.2) is 0 Å². The van der Waals surface area contributed by atoms with E-state index in [1.54, 1.807) is 13.0 Å². The van der Waals surface area contributed by atoms with Gasteiger partial charge in [0.2, 0.25) is 5.91 Å². The Labute approximate surface area is 107 Å². The van der Waals surface area contributed by atoms with E-state index < -0.39 is 11.9 Å². The van der Waals surface area contributed by atoms with E-state index in [0.717, 1.165) is 0 Å². The monoisotopic (exact) mass is 253 g/mol. The fraction of sp³-hybridized carbons (Fsp3) is 0.462. The standard InChI is InChI=1S/C13H20FN3O/c1-8(2)7-16-13(18)9(3)17-12-5-4-10(15)6-11(12)14/h4-6,8-9,17H,7,15H2,1-3H3,(H,16,18). The van der Waals surface area contributed by atoms with Crippen molar-refractivity contribution in [3.63, 3.8) is 0 Å². The van der Waals surface area contributed by atoms with Crippen LogP contribution in [-0.4, -0.2) is 18.5 Å². The molecule has 0 spiro atoms. The van der Waals surface area contributed by atoms with Crippen LogP contribution >= 0.6 is 0 Å². The number of nitrogen functional groups attached to an aromatic ring is 1. The van der Waals surface area contributed by atoms with Crippen molar-refractivity contribution in [1.29, 1.82) is 0 Å². The fourth-order valence-corrected chi connectivity index (χ4v) is 1.41. The lowest BCUT2D eigenvalue weighted by atomic mass is 10.2. The molecule has 4 N–H and O–H groups in total. The Bertz CT molecular complexity index is 421. The number of carbonyl (C=O) groups is 1. The Hall–Kier alpha value is -1.78. The molecule has 0 aromatic heterocycles. The first kappa shape index (κ1) is 14.3. The molecule has 0 fully saturated rings. The Kier molecular flexibility index (Phi) is 4.95. The smallest absolute Gasteiger partial charge is 0.242 e. The predicted octanol–water partition coefficient (Wildman–Crippen LogP) is 1.98. The molecule has 1 aromatic rings. The molecule has 5 heteroatoms. The van der Waals surface area contributed by atoms with Crippen LogP contribution in [0.5, 0.6) is 0 Å². The molecule has 1 unspecified atom stereocenters. The number of rotatable bonds is 5. The second-order valence-electron chi connectivity index (χ2n) is 4.74. The molecule has 1 atom stereocenters. The summed E-state index contributed by atoms with van der Waals surface area (Å²) in [5.41, 5.74) is 6.08. The van der Waals surface area contributed by atoms with Crippen molar-refractivity contribution < 1.29 is 9.18 Å². The van der Waals surface area contributed by atoms with Gasteiger partial charge < -0.3 is 16.4 Å². The number of benzene rings is 1.